The highest BCUT2D eigenvalue weighted by molar-refractivity contribution is 5.41. The SMILES string of the molecule is OC(c1cn2ccccc2n1)c1ccc(F)cc1F. The molecule has 0 fully saturated rings. The standard InChI is InChI=1S/C14H10F2N2O/c15-9-4-5-10(11(16)7-9)14(19)12-8-18-6-2-1-3-13(18)17-12/h1-8,14,19H. The number of rotatable bonds is 2. The molecule has 0 saturated carbocycles. The van der Waals surface area contributed by atoms with Crippen LogP contribution in [0.1, 0.15) is 17.4 Å². The molecule has 0 aliphatic rings. The molecule has 3 aromatic rings. The van der Waals surface area contributed by atoms with Crippen molar-refractivity contribution in [2.24, 2.45) is 0 Å². The van der Waals surface area contributed by atoms with E-state index in [-0.39, 0.29) is 5.56 Å². The lowest BCUT2D eigenvalue weighted by Crippen LogP contribution is -2.03. The summed E-state index contributed by atoms with van der Waals surface area (Å²) in [6.45, 7) is 0. The lowest BCUT2D eigenvalue weighted by Gasteiger charge is -2.08. The summed E-state index contributed by atoms with van der Waals surface area (Å²) in [7, 11) is 0. The zero-order chi connectivity index (χ0) is 13.4. The third kappa shape index (κ3) is 2.08. The molecule has 1 atom stereocenters. The average molecular weight is 260 g/mol. The molecule has 0 saturated heterocycles. The Hall–Kier alpha value is -2.27. The van der Waals surface area contributed by atoms with Crippen LogP contribution >= 0.6 is 0 Å². The average Bonchev–Trinajstić information content (AvgIpc) is 2.81. The highest BCUT2D eigenvalue weighted by Crippen LogP contribution is 2.24. The molecule has 0 bridgehead atoms. The Bertz CT molecular complexity index is 706. The van der Waals surface area contributed by atoms with Gasteiger partial charge in [0.1, 0.15) is 23.4 Å². The fourth-order valence-corrected chi connectivity index (χ4v) is 1.97. The van der Waals surface area contributed by atoms with Crippen molar-refractivity contribution >= 4 is 5.65 Å². The van der Waals surface area contributed by atoms with Crippen LogP contribution in [0.5, 0.6) is 0 Å². The Morgan fingerprint density at radius 3 is 2.74 bits per heavy atom. The first-order valence-electron chi connectivity index (χ1n) is 5.72. The second-order valence-electron chi connectivity index (χ2n) is 4.20. The molecule has 0 amide bonds. The van der Waals surface area contributed by atoms with Gasteiger partial charge in [-0.15, -0.1) is 0 Å². The molecule has 96 valence electrons. The van der Waals surface area contributed by atoms with Crippen LogP contribution in [0.2, 0.25) is 0 Å². The van der Waals surface area contributed by atoms with Crippen molar-refractivity contribution < 1.29 is 13.9 Å². The highest BCUT2D eigenvalue weighted by Gasteiger charge is 2.18. The van der Waals surface area contributed by atoms with E-state index < -0.39 is 17.7 Å². The molecule has 3 nitrogen and oxygen atoms in total. The van der Waals surface area contributed by atoms with Crippen LogP contribution in [0.3, 0.4) is 0 Å². The van der Waals surface area contributed by atoms with E-state index in [1.165, 1.54) is 6.07 Å². The van der Waals surface area contributed by atoms with Crippen LogP contribution in [0.15, 0.2) is 48.8 Å². The van der Waals surface area contributed by atoms with Gasteiger partial charge in [-0.2, -0.15) is 0 Å². The van der Waals surface area contributed by atoms with Gasteiger partial charge in [-0.1, -0.05) is 12.1 Å². The van der Waals surface area contributed by atoms with Gasteiger partial charge in [0, 0.05) is 24.0 Å². The van der Waals surface area contributed by atoms with Crippen LogP contribution in [0.25, 0.3) is 5.65 Å². The molecule has 1 unspecified atom stereocenters. The van der Waals surface area contributed by atoms with Crippen molar-refractivity contribution in [3.8, 4) is 0 Å². The van der Waals surface area contributed by atoms with Gasteiger partial charge >= 0.3 is 0 Å². The third-order valence-corrected chi connectivity index (χ3v) is 2.92. The summed E-state index contributed by atoms with van der Waals surface area (Å²) in [6.07, 6.45) is 2.17. The molecule has 0 aliphatic carbocycles. The van der Waals surface area contributed by atoms with Crippen molar-refractivity contribution in [1.29, 1.82) is 0 Å². The number of halogens is 2. The van der Waals surface area contributed by atoms with E-state index in [4.69, 9.17) is 0 Å². The van der Waals surface area contributed by atoms with E-state index in [9.17, 15) is 13.9 Å². The molecule has 5 heteroatoms. The number of nitrogens with zero attached hydrogens (tertiary/aromatic N) is 2. The van der Waals surface area contributed by atoms with Gasteiger partial charge < -0.3 is 9.51 Å². The van der Waals surface area contributed by atoms with Crippen LogP contribution < -0.4 is 0 Å². The summed E-state index contributed by atoms with van der Waals surface area (Å²) in [5.74, 6) is -1.46. The molecule has 2 aromatic heterocycles. The summed E-state index contributed by atoms with van der Waals surface area (Å²) < 4.78 is 28.2. The number of aliphatic hydroxyl groups excluding tert-OH is 1. The maximum Gasteiger partial charge on any atom is 0.137 e. The number of benzene rings is 1. The molecule has 1 N–H and O–H groups in total. The first kappa shape index (κ1) is 11.8. The van der Waals surface area contributed by atoms with Gasteiger partial charge in [-0.05, 0) is 18.2 Å². The fourth-order valence-electron chi connectivity index (χ4n) is 1.97. The van der Waals surface area contributed by atoms with E-state index in [1.54, 1.807) is 22.9 Å². The molecular weight excluding hydrogens is 250 g/mol. The smallest absolute Gasteiger partial charge is 0.137 e. The number of hydrogen-bond donors (Lipinski definition) is 1. The summed E-state index contributed by atoms with van der Waals surface area (Å²) in [5, 5.41) is 10.1. The van der Waals surface area contributed by atoms with E-state index in [0.717, 1.165) is 12.1 Å². The van der Waals surface area contributed by atoms with Crippen LogP contribution in [0.4, 0.5) is 8.78 Å². The third-order valence-electron chi connectivity index (χ3n) is 2.92. The van der Waals surface area contributed by atoms with E-state index in [2.05, 4.69) is 4.98 Å². The van der Waals surface area contributed by atoms with Crippen LogP contribution in [-0.2, 0) is 0 Å². The molecule has 1 aromatic carbocycles. The van der Waals surface area contributed by atoms with Gasteiger partial charge in [0.15, 0.2) is 0 Å². The fraction of sp³-hybridized carbons (Fsp3) is 0.0714. The Balaban J connectivity index is 2.05. The van der Waals surface area contributed by atoms with E-state index in [1.807, 2.05) is 12.1 Å². The van der Waals surface area contributed by atoms with Gasteiger partial charge in [0.2, 0.25) is 0 Å². The van der Waals surface area contributed by atoms with Gasteiger partial charge in [-0.25, -0.2) is 13.8 Å². The number of aliphatic hydroxyl groups is 1. The first-order valence-corrected chi connectivity index (χ1v) is 5.72. The second kappa shape index (κ2) is 4.44. The zero-order valence-corrected chi connectivity index (χ0v) is 9.79. The van der Waals surface area contributed by atoms with Gasteiger partial charge in [-0.3, -0.25) is 0 Å². The Kier molecular flexibility index (Phi) is 2.76. The summed E-state index contributed by atoms with van der Waals surface area (Å²) in [6, 6.07) is 8.49. The highest BCUT2D eigenvalue weighted by atomic mass is 19.1. The molecule has 0 radical (unpaired) electrons. The number of hydrogen-bond acceptors (Lipinski definition) is 2. The Morgan fingerprint density at radius 2 is 2.00 bits per heavy atom. The van der Waals surface area contributed by atoms with Crippen molar-refractivity contribution in [1.82, 2.24) is 9.38 Å². The van der Waals surface area contributed by atoms with Gasteiger partial charge in [0.25, 0.3) is 0 Å². The summed E-state index contributed by atoms with van der Waals surface area (Å²) in [4.78, 5) is 4.21. The molecule has 2 heterocycles. The lowest BCUT2D eigenvalue weighted by atomic mass is 10.1. The van der Waals surface area contributed by atoms with E-state index in [0.29, 0.717) is 11.3 Å². The number of aromatic nitrogens is 2. The quantitative estimate of drug-likeness (QED) is 0.769. The minimum Gasteiger partial charge on any atom is -0.382 e. The first-order chi connectivity index (χ1) is 9.15. The topological polar surface area (TPSA) is 37.5 Å². The maximum absolute atomic E-state index is 13.6. The molecule has 0 spiro atoms. The predicted octanol–water partition coefficient (Wildman–Crippen LogP) is 2.69. The van der Waals surface area contributed by atoms with Crippen molar-refractivity contribution in [3.63, 3.8) is 0 Å². The number of pyridine rings is 1. The zero-order valence-electron chi connectivity index (χ0n) is 9.79. The van der Waals surface area contributed by atoms with Crippen LogP contribution in [-0.4, -0.2) is 14.5 Å². The van der Waals surface area contributed by atoms with Crippen molar-refractivity contribution in [2.45, 2.75) is 6.10 Å². The molecule has 0 aliphatic heterocycles. The monoisotopic (exact) mass is 260 g/mol. The van der Waals surface area contributed by atoms with Crippen LogP contribution in [0, 0.1) is 11.6 Å². The summed E-state index contributed by atoms with van der Waals surface area (Å²) in [5.41, 5.74) is 0.973. The van der Waals surface area contributed by atoms with Crippen molar-refractivity contribution in [3.05, 3.63) is 71.7 Å². The number of imidazole rings is 1. The number of fused-ring (bicyclic) bond motifs is 1. The molecular formula is C14H10F2N2O. The normalized spacial score (nSPS) is 12.8. The van der Waals surface area contributed by atoms with Crippen molar-refractivity contribution in [2.75, 3.05) is 0 Å². The minimum absolute atomic E-state index is 0.00445. The Morgan fingerprint density at radius 1 is 1.16 bits per heavy atom. The summed E-state index contributed by atoms with van der Waals surface area (Å²) >= 11 is 0. The molecule has 19 heavy (non-hydrogen) atoms. The largest absolute Gasteiger partial charge is 0.382 e. The predicted molar refractivity (Wildman–Crippen MR) is 65.6 cm³/mol. The molecule has 3 rings (SSSR count). The minimum atomic E-state index is -1.22. The van der Waals surface area contributed by atoms with Gasteiger partial charge in [0.05, 0.1) is 5.69 Å². The van der Waals surface area contributed by atoms with E-state index >= 15 is 0 Å². The second-order valence-corrected chi connectivity index (χ2v) is 4.20. The Labute approximate surface area is 107 Å². The lowest BCUT2D eigenvalue weighted by molar-refractivity contribution is 0.210. The maximum atomic E-state index is 13.6.